The van der Waals surface area contributed by atoms with Crippen molar-refractivity contribution in [2.45, 2.75) is 16.2 Å². The average molecular weight is 469 g/mol. The molecule has 0 saturated carbocycles. The molecule has 0 bridgehead atoms. The topological polar surface area (TPSA) is 101 Å². The number of benzene rings is 2. The number of hydrogen-bond donors (Lipinski definition) is 2. The van der Waals surface area contributed by atoms with Gasteiger partial charge >= 0.3 is 0 Å². The van der Waals surface area contributed by atoms with Gasteiger partial charge in [0.2, 0.25) is 11.0 Å². The Morgan fingerprint density at radius 3 is 2.66 bits per heavy atom. The highest BCUT2D eigenvalue weighted by atomic mass is 35.5. The number of thioether (sulfide) groups is 1. The fourth-order valence-corrected chi connectivity index (χ4v) is 4.67. The van der Waals surface area contributed by atoms with Gasteiger partial charge in [0, 0.05) is 11.9 Å². The SMILES string of the molecule is Cc1ccccc1Nc1nnc(SCC(=O)Nc2cc(S(C)(=O)=O)ccc2Cl)s1. The number of nitrogens with one attached hydrogen (secondary N) is 2. The summed E-state index contributed by atoms with van der Waals surface area (Å²) in [5.74, 6) is -0.246. The van der Waals surface area contributed by atoms with Crippen molar-refractivity contribution >= 4 is 67.0 Å². The summed E-state index contributed by atoms with van der Waals surface area (Å²) in [4.78, 5) is 12.3. The van der Waals surface area contributed by atoms with Gasteiger partial charge in [-0.15, -0.1) is 10.2 Å². The number of hydrogen-bond acceptors (Lipinski definition) is 8. The molecule has 0 spiro atoms. The Bertz CT molecular complexity index is 1150. The fraction of sp³-hybridized carbons (Fsp3) is 0.167. The number of carbonyl (C=O) groups is 1. The van der Waals surface area contributed by atoms with E-state index >= 15 is 0 Å². The number of halogens is 1. The molecule has 0 aliphatic heterocycles. The normalized spacial score (nSPS) is 11.3. The van der Waals surface area contributed by atoms with Gasteiger partial charge in [0.15, 0.2) is 14.2 Å². The highest BCUT2D eigenvalue weighted by Gasteiger charge is 2.14. The standard InChI is InChI=1S/C18H17ClN4O3S3/c1-11-5-3-4-6-14(11)21-17-22-23-18(28-17)27-10-16(24)20-15-9-12(29(2,25)26)7-8-13(15)19/h3-9H,10H2,1-2H3,(H,20,24)(H,21,22). The van der Waals surface area contributed by atoms with Gasteiger partial charge in [0.25, 0.3) is 0 Å². The Hall–Kier alpha value is -2.14. The molecule has 1 heterocycles. The maximum Gasteiger partial charge on any atom is 0.234 e. The minimum atomic E-state index is -3.40. The molecule has 152 valence electrons. The predicted octanol–water partition coefficient (Wildman–Crippen LogP) is 4.38. The summed E-state index contributed by atoms with van der Waals surface area (Å²) in [6.07, 6.45) is 1.09. The maximum atomic E-state index is 12.2. The molecule has 0 radical (unpaired) electrons. The van der Waals surface area contributed by atoms with Crippen molar-refractivity contribution in [3.63, 3.8) is 0 Å². The number of anilines is 3. The molecule has 3 rings (SSSR count). The molecule has 2 N–H and O–H groups in total. The Labute approximate surface area is 181 Å². The zero-order valence-corrected chi connectivity index (χ0v) is 18.7. The van der Waals surface area contributed by atoms with Gasteiger partial charge in [-0.2, -0.15) is 0 Å². The molecule has 0 fully saturated rings. The van der Waals surface area contributed by atoms with Crippen LogP contribution in [0, 0.1) is 6.92 Å². The van der Waals surface area contributed by atoms with Gasteiger partial charge in [-0.1, -0.05) is 52.9 Å². The quantitative estimate of drug-likeness (QED) is 0.496. The van der Waals surface area contributed by atoms with Gasteiger partial charge in [0.1, 0.15) is 0 Å². The minimum Gasteiger partial charge on any atom is -0.330 e. The first-order valence-electron chi connectivity index (χ1n) is 8.31. The van der Waals surface area contributed by atoms with E-state index in [0.29, 0.717) is 9.47 Å². The molecule has 1 aromatic heterocycles. The van der Waals surface area contributed by atoms with Crippen LogP contribution in [0.3, 0.4) is 0 Å². The van der Waals surface area contributed by atoms with Crippen LogP contribution in [0.1, 0.15) is 5.56 Å². The number of nitrogens with zero attached hydrogens (tertiary/aromatic N) is 2. The van der Waals surface area contributed by atoms with Crippen LogP contribution in [0.5, 0.6) is 0 Å². The number of aromatic nitrogens is 2. The monoisotopic (exact) mass is 468 g/mol. The van der Waals surface area contributed by atoms with Crippen LogP contribution in [0.15, 0.2) is 51.7 Å². The van der Waals surface area contributed by atoms with Gasteiger partial charge in [-0.3, -0.25) is 4.79 Å². The number of rotatable bonds is 7. The second-order valence-corrected chi connectivity index (χ2v) is 10.7. The lowest BCUT2D eigenvalue weighted by molar-refractivity contribution is -0.113. The molecule has 2 aromatic carbocycles. The number of para-hydroxylation sites is 1. The van der Waals surface area contributed by atoms with Crippen molar-refractivity contribution in [2.75, 3.05) is 22.6 Å². The second-order valence-electron chi connectivity index (χ2n) is 6.06. The van der Waals surface area contributed by atoms with E-state index < -0.39 is 9.84 Å². The Balaban J connectivity index is 1.59. The van der Waals surface area contributed by atoms with Crippen molar-refractivity contribution in [1.82, 2.24) is 10.2 Å². The largest absolute Gasteiger partial charge is 0.330 e. The van der Waals surface area contributed by atoms with E-state index in [2.05, 4.69) is 20.8 Å². The lowest BCUT2D eigenvalue weighted by Crippen LogP contribution is -2.14. The fourth-order valence-electron chi connectivity index (χ4n) is 2.29. The van der Waals surface area contributed by atoms with Crippen molar-refractivity contribution < 1.29 is 13.2 Å². The van der Waals surface area contributed by atoms with Crippen LogP contribution in [0.2, 0.25) is 5.02 Å². The Morgan fingerprint density at radius 2 is 1.93 bits per heavy atom. The third kappa shape index (κ3) is 5.92. The molecule has 7 nitrogen and oxygen atoms in total. The van der Waals surface area contributed by atoms with Crippen LogP contribution < -0.4 is 10.6 Å². The summed E-state index contributed by atoms with van der Waals surface area (Å²) >= 11 is 8.62. The molecular formula is C18H17ClN4O3S3. The molecule has 1 amide bonds. The first kappa shape index (κ1) is 21.6. The first-order valence-corrected chi connectivity index (χ1v) is 12.4. The van der Waals surface area contributed by atoms with Gasteiger partial charge in [0.05, 0.1) is 21.4 Å². The summed E-state index contributed by atoms with van der Waals surface area (Å²) in [6.45, 7) is 1.99. The smallest absolute Gasteiger partial charge is 0.234 e. The number of aryl methyl sites for hydroxylation is 1. The molecule has 29 heavy (non-hydrogen) atoms. The molecule has 3 aromatic rings. The average Bonchev–Trinajstić information content (AvgIpc) is 3.10. The third-order valence-electron chi connectivity index (χ3n) is 3.76. The zero-order valence-electron chi connectivity index (χ0n) is 15.5. The zero-order chi connectivity index (χ0) is 21.0. The van der Waals surface area contributed by atoms with Crippen molar-refractivity contribution in [2.24, 2.45) is 0 Å². The summed E-state index contributed by atoms with van der Waals surface area (Å²) in [5, 5.41) is 14.9. The summed E-state index contributed by atoms with van der Waals surface area (Å²) < 4.78 is 24.0. The van der Waals surface area contributed by atoms with Crippen molar-refractivity contribution in [1.29, 1.82) is 0 Å². The van der Waals surface area contributed by atoms with Gasteiger partial charge < -0.3 is 10.6 Å². The van der Waals surface area contributed by atoms with Crippen LogP contribution >= 0.6 is 34.7 Å². The van der Waals surface area contributed by atoms with E-state index in [1.807, 2.05) is 31.2 Å². The molecule has 0 unspecified atom stereocenters. The van der Waals surface area contributed by atoms with E-state index in [9.17, 15) is 13.2 Å². The van der Waals surface area contributed by atoms with E-state index in [1.54, 1.807) is 0 Å². The second kappa shape index (κ2) is 9.12. The predicted molar refractivity (Wildman–Crippen MR) is 118 cm³/mol. The van der Waals surface area contributed by atoms with Crippen molar-refractivity contribution in [3.05, 3.63) is 53.1 Å². The molecule has 11 heteroatoms. The molecule has 0 aliphatic rings. The molecule has 0 saturated heterocycles. The van der Waals surface area contributed by atoms with Crippen LogP contribution in [-0.4, -0.2) is 36.5 Å². The summed E-state index contributed by atoms with van der Waals surface area (Å²) in [6, 6.07) is 12.0. The van der Waals surface area contributed by atoms with E-state index in [4.69, 9.17) is 11.6 Å². The Morgan fingerprint density at radius 1 is 1.17 bits per heavy atom. The molecule has 0 atom stereocenters. The summed E-state index contributed by atoms with van der Waals surface area (Å²) in [5.41, 5.74) is 2.28. The lowest BCUT2D eigenvalue weighted by atomic mass is 10.2. The van der Waals surface area contributed by atoms with E-state index in [0.717, 1.165) is 17.5 Å². The maximum absolute atomic E-state index is 12.2. The lowest BCUT2D eigenvalue weighted by Gasteiger charge is -2.08. The van der Waals surface area contributed by atoms with Crippen LogP contribution in [0.25, 0.3) is 0 Å². The van der Waals surface area contributed by atoms with Crippen molar-refractivity contribution in [3.8, 4) is 0 Å². The highest BCUT2D eigenvalue weighted by Crippen LogP contribution is 2.29. The first-order chi connectivity index (χ1) is 13.7. The van der Waals surface area contributed by atoms with Gasteiger partial charge in [-0.25, -0.2) is 8.42 Å². The van der Waals surface area contributed by atoms with E-state index in [-0.39, 0.29) is 27.3 Å². The van der Waals surface area contributed by atoms with Crippen LogP contribution in [-0.2, 0) is 14.6 Å². The molecule has 0 aliphatic carbocycles. The minimum absolute atomic E-state index is 0.0818. The third-order valence-corrected chi connectivity index (χ3v) is 7.17. The van der Waals surface area contributed by atoms with E-state index in [1.165, 1.54) is 41.3 Å². The molecular weight excluding hydrogens is 452 g/mol. The number of sulfone groups is 1. The summed E-state index contributed by atoms with van der Waals surface area (Å²) in [7, 11) is -3.40. The number of carbonyl (C=O) groups excluding carboxylic acids is 1. The highest BCUT2D eigenvalue weighted by molar-refractivity contribution is 8.01. The van der Waals surface area contributed by atoms with Crippen LogP contribution in [0.4, 0.5) is 16.5 Å². The number of amides is 1. The van der Waals surface area contributed by atoms with Gasteiger partial charge in [-0.05, 0) is 36.8 Å². The Kier molecular flexibility index (Phi) is 6.78.